The molecule has 0 saturated carbocycles. The van der Waals surface area contributed by atoms with Crippen molar-refractivity contribution in [1.82, 2.24) is 9.97 Å². The Balaban J connectivity index is 1.98. The van der Waals surface area contributed by atoms with Crippen molar-refractivity contribution >= 4 is 23.1 Å². The van der Waals surface area contributed by atoms with Crippen LogP contribution in [0.15, 0.2) is 29.8 Å². The first kappa shape index (κ1) is 9.88. The molecule has 2 heterocycles. The molecule has 0 aliphatic carbocycles. The van der Waals surface area contributed by atoms with Gasteiger partial charge in [0.05, 0.1) is 6.54 Å². The van der Waals surface area contributed by atoms with Crippen molar-refractivity contribution < 1.29 is 0 Å². The molecule has 0 amide bonds. The van der Waals surface area contributed by atoms with E-state index in [0.717, 1.165) is 12.4 Å². The fourth-order valence-electron chi connectivity index (χ4n) is 1.12. The molecule has 4 N–H and O–H groups in total. The van der Waals surface area contributed by atoms with Crippen LogP contribution in [0.5, 0.6) is 0 Å². The fraction of sp³-hybridized carbons (Fsp3) is 0.111. The number of anilines is 2. The molecule has 5 nitrogen and oxygen atoms in total. The van der Waals surface area contributed by atoms with Gasteiger partial charge in [0, 0.05) is 11.1 Å². The van der Waals surface area contributed by atoms with E-state index >= 15 is 0 Å². The van der Waals surface area contributed by atoms with E-state index in [0.29, 0.717) is 5.95 Å². The van der Waals surface area contributed by atoms with E-state index in [1.807, 2.05) is 11.4 Å². The quantitative estimate of drug-likeness (QED) is 0.538. The number of nitrogens with zero attached hydrogens (tertiary/aromatic N) is 2. The van der Waals surface area contributed by atoms with E-state index in [-0.39, 0.29) is 0 Å². The second kappa shape index (κ2) is 4.72. The summed E-state index contributed by atoms with van der Waals surface area (Å²) >= 11 is 1.71. The van der Waals surface area contributed by atoms with E-state index in [1.54, 1.807) is 23.6 Å². The minimum atomic E-state index is 0.408. The molecule has 0 aliphatic heterocycles. The highest BCUT2D eigenvalue weighted by Gasteiger charge is 1.97. The average Bonchev–Trinajstić information content (AvgIpc) is 2.79. The Labute approximate surface area is 91.3 Å². The highest BCUT2D eigenvalue weighted by Crippen LogP contribution is 2.11. The molecule has 2 rings (SSSR count). The maximum atomic E-state index is 5.21. The van der Waals surface area contributed by atoms with Gasteiger partial charge >= 0.3 is 0 Å². The molecule has 15 heavy (non-hydrogen) atoms. The summed E-state index contributed by atoms with van der Waals surface area (Å²) in [6, 6.07) is 5.89. The third-order valence-corrected chi connectivity index (χ3v) is 2.68. The van der Waals surface area contributed by atoms with Crippen LogP contribution in [-0.2, 0) is 6.54 Å². The number of hydrogen-bond donors (Lipinski definition) is 3. The van der Waals surface area contributed by atoms with Gasteiger partial charge in [-0.3, -0.25) is 5.43 Å². The van der Waals surface area contributed by atoms with Gasteiger partial charge in [0.15, 0.2) is 0 Å². The summed E-state index contributed by atoms with van der Waals surface area (Å²) in [5, 5.41) is 5.23. The summed E-state index contributed by atoms with van der Waals surface area (Å²) in [7, 11) is 0. The molecular formula is C9H11N5S. The molecule has 2 aromatic rings. The molecular weight excluding hydrogens is 210 g/mol. The second-order valence-corrected chi connectivity index (χ2v) is 3.87. The molecule has 0 bridgehead atoms. The topological polar surface area (TPSA) is 75.9 Å². The molecule has 0 spiro atoms. The van der Waals surface area contributed by atoms with Crippen molar-refractivity contribution in [3.8, 4) is 0 Å². The molecule has 78 valence electrons. The van der Waals surface area contributed by atoms with Gasteiger partial charge in [0.1, 0.15) is 5.82 Å². The summed E-state index contributed by atoms with van der Waals surface area (Å²) in [4.78, 5) is 9.32. The molecule has 2 aromatic heterocycles. The lowest BCUT2D eigenvalue weighted by Gasteiger charge is -2.04. The Kier molecular flexibility index (Phi) is 3.11. The van der Waals surface area contributed by atoms with Crippen LogP contribution >= 0.6 is 11.3 Å². The maximum absolute atomic E-state index is 5.21. The predicted octanol–water partition coefficient (Wildman–Crippen LogP) is 1.44. The maximum Gasteiger partial charge on any atom is 0.239 e. The number of nitrogens with one attached hydrogen (secondary N) is 2. The average molecular weight is 221 g/mol. The van der Waals surface area contributed by atoms with Gasteiger partial charge in [-0.15, -0.1) is 11.3 Å². The van der Waals surface area contributed by atoms with Crippen molar-refractivity contribution in [2.75, 3.05) is 10.7 Å². The molecule has 0 fully saturated rings. The lowest BCUT2D eigenvalue weighted by atomic mass is 10.4. The first-order chi connectivity index (χ1) is 7.38. The molecule has 6 heteroatoms. The monoisotopic (exact) mass is 221 g/mol. The van der Waals surface area contributed by atoms with Crippen LogP contribution in [0, 0.1) is 0 Å². The lowest BCUT2D eigenvalue weighted by Crippen LogP contribution is -2.11. The van der Waals surface area contributed by atoms with E-state index in [9.17, 15) is 0 Å². The largest absolute Gasteiger partial charge is 0.365 e. The Morgan fingerprint density at radius 1 is 1.40 bits per heavy atom. The van der Waals surface area contributed by atoms with Gasteiger partial charge in [-0.25, -0.2) is 10.8 Å². The second-order valence-electron chi connectivity index (χ2n) is 2.84. The van der Waals surface area contributed by atoms with E-state index in [1.165, 1.54) is 4.88 Å². The number of thiophene rings is 1. The third kappa shape index (κ3) is 2.64. The van der Waals surface area contributed by atoms with Crippen molar-refractivity contribution in [2.24, 2.45) is 5.84 Å². The van der Waals surface area contributed by atoms with Gasteiger partial charge in [-0.05, 0) is 17.5 Å². The van der Waals surface area contributed by atoms with Gasteiger partial charge in [-0.2, -0.15) is 4.98 Å². The molecule has 0 saturated heterocycles. The van der Waals surface area contributed by atoms with Crippen molar-refractivity contribution in [3.05, 3.63) is 34.7 Å². The highest BCUT2D eigenvalue weighted by molar-refractivity contribution is 7.09. The summed E-state index contributed by atoms with van der Waals surface area (Å²) in [6.45, 7) is 0.763. The SMILES string of the molecule is NNc1nccc(NCc2cccs2)n1. The van der Waals surface area contributed by atoms with Crippen LogP contribution in [0.3, 0.4) is 0 Å². The summed E-state index contributed by atoms with van der Waals surface area (Å²) in [5.74, 6) is 6.37. The highest BCUT2D eigenvalue weighted by atomic mass is 32.1. The van der Waals surface area contributed by atoms with E-state index < -0.39 is 0 Å². The first-order valence-corrected chi connectivity index (χ1v) is 5.32. The fourth-order valence-corrected chi connectivity index (χ4v) is 1.76. The van der Waals surface area contributed by atoms with Crippen molar-refractivity contribution in [1.29, 1.82) is 0 Å². The zero-order chi connectivity index (χ0) is 10.5. The number of nitrogens with two attached hydrogens (primary N) is 1. The van der Waals surface area contributed by atoms with Gasteiger partial charge in [-0.1, -0.05) is 6.07 Å². The minimum absolute atomic E-state index is 0.408. The smallest absolute Gasteiger partial charge is 0.239 e. The molecule has 0 aromatic carbocycles. The Morgan fingerprint density at radius 3 is 3.07 bits per heavy atom. The number of hydrazine groups is 1. The molecule has 0 atom stereocenters. The Hall–Kier alpha value is -1.66. The van der Waals surface area contributed by atoms with E-state index in [2.05, 4.69) is 26.8 Å². The number of nitrogen functional groups attached to an aromatic ring is 1. The molecule has 0 unspecified atom stereocenters. The number of rotatable bonds is 4. The summed E-state index contributed by atoms with van der Waals surface area (Å²) in [5.41, 5.74) is 2.40. The predicted molar refractivity (Wildman–Crippen MR) is 61.5 cm³/mol. The van der Waals surface area contributed by atoms with Gasteiger partial charge < -0.3 is 5.32 Å². The molecule has 0 radical (unpaired) electrons. The van der Waals surface area contributed by atoms with Crippen molar-refractivity contribution in [3.63, 3.8) is 0 Å². The lowest BCUT2D eigenvalue weighted by molar-refractivity contribution is 1.08. The summed E-state index contributed by atoms with van der Waals surface area (Å²) in [6.07, 6.45) is 1.65. The van der Waals surface area contributed by atoms with Crippen LogP contribution in [0.4, 0.5) is 11.8 Å². The third-order valence-electron chi connectivity index (χ3n) is 1.81. The Morgan fingerprint density at radius 2 is 2.33 bits per heavy atom. The van der Waals surface area contributed by atoms with Crippen LogP contribution in [0.1, 0.15) is 4.88 Å². The minimum Gasteiger partial charge on any atom is -0.365 e. The van der Waals surface area contributed by atoms with Gasteiger partial charge in [0.25, 0.3) is 0 Å². The molecule has 0 aliphatic rings. The van der Waals surface area contributed by atoms with Crippen LogP contribution in [0.25, 0.3) is 0 Å². The normalized spacial score (nSPS) is 9.93. The Bertz CT molecular complexity index is 414. The van der Waals surface area contributed by atoms with Crippen LogP contribution in [-0.4, -0.2) is 9.97 Å². The van der Waals surface area contributed by atoms with Crippen molar-refractivity contribution in [2.45, 2.75) is 6.54 Å². The van der Waals surface area contributed by atoms with Gasteiger partial charge in [0.2, 0.25) is 5.95 Å². The number of aromatic nitrogens is 2. The number of hydrogen-bond acceptors (Lipinski definition) is 6. The van der Waals surface area contributed by atoms with Crippen LogP contribution < -0.4 is 16.6 Å². The zero-order valence-corrected chi connectivity index (χ0v) is 8.79. The summed E-state index contributed by atoms with van der Waals surface area (Å²) < 4.78 is 0. The van der Waals surface area contributed by atoms with Crippen LogP contribution in [0.2, 0.25) is 0 Å². The van der Waals surface area contributed by atoms with E-state index in [4.69, 9.17) is 5.84 Å². The first-order valence-electron chi connectivity index (χ1n) is 4.44. The standard InChI is InChI=1S/C9H11N5S/c10-14-9-11-4-3-8(13-9)12-6-7-2-1-5-15-7/h1-5H,6,10H2,(H2,11,12,13,14). The zero-order valence-electron chi connectivity index (χ0n) is 7.97.